The third-order valence-electron chi connectivity index (χ3n) is 2.92. The van der Waals surface area contributed by atoms with Crippen LogP contribution in [0.3, 0.4) is 0 Å². The molecule has 1 unspecified atom stereocenters. The number of carbonyl (C=O) groups is 2. The zero-order valence-electron chi connectivity index (χ0n) is 11.5. The lowest BCUT2D eigenvalue weighted by atomic mass is 10.1. The summed E-state index contributed by atoms with van der Waals surface area (Å²) in [6.45, 7) is 2.20. The Hall–Kier alpha value is -2.08. The van der Waals surface area contributed by atoms with E-state index in [4.69, 9.17) is 5.11 Å². The van der Waals surface area contributed by atoms with E-state index in [-0.39, 0.29) is 19.6 Å². The number of rotatable bonds is 7. The summed E-state index contributed by atoms with van der Waals surface area (Å²) >= 11 is 0. The van der Waals surface area contributed by atoms with Gasteiger partial charge >= 0.3 is 12.0 Å². The molecule has 0 bridgehead atoms. The number of hydrogen-bond donors (Lipinski definition) is 3. The van der Waals surface area contributed by atoms with Crippen LogP contribution < -0.4 is 5.32 Å². The highest BCUT2D eigenvalue weighted by molar-refractivity contribution is 5.82. The average Bonchev–Trinajstić information content (AvgIpc) is 2.44. The summed E-state index contributed by atoms with van der Waals surface area (Å²) in [5, 5.41) is 20.5. The van der Waals surface area contributed by atoms with Gasteiger partial charge in [-0.2, -0.15) is 0 Å². The quantitative estimate of drug-likeness (QED) is 0.686. The first-order valence-corrected chi connectivity index (χ1v) is 6.51. The number of carbonyl (C=O) groups excluding carboxylic acids is 1. The lowest BCUT2D eigenvalue weighted by Gasteiger charge is -2.23. The zero-order chi connectivity index (χ0) is 15.0. The van der Waals surface area contributed by atoms with Crippen LogP contribution in [0.25, 0.3) is 0 Å². The molecule has 0 aliphatic carbocycles. The standard InChI is InChI=1S/C14H20N2O4/c1-2-16(8-9-17)14(20)15-12(13(18)19)10-11-6-4-3-5-7-11/h3-7,12,17H,2,8-10H2,1H3,(H,15,20)(H,18,19). The number of aliphatic carboxylic acids is 1. The molecule has 3 N–H and O–H groups in total. The number of carboxylic acid groups (broad SMARTS) is 1. The first kappa shape index (κ1) is 16.0. The van der Waals surface area contributed by atoms with Gasteiger partial charge in [-0.15, -0.1) is 0 Å². The third kappa shape index (κ3) is 4.89. The van der Waals surface area contributed by atoms with E-state index in [0.717, 1.165) is 5.56 Å². The summed E-state index contributed by atoms with van der Waals surface area (Å²) in [6, 6.07) is 7.64. The smallest absolute Gasteiger partial charge is 0.326 e. The van der Waals surface area contributed by atoms with Crippen molar-refractivity contribution in [1.82, 2.24) is 10.2 Å². The van der Waals surface area contributed by atoms with Crippen molar-refractivity contribution >= 4 is 12.0 Å². The highest BCUT2D eigenvalue weighted by Crippen LogP contribution is 2.04. The molecule has 110 valence electrons. The summed E-state index contributed by atoms with van der Waals surface area (Å²) in [6.07, 6.45) is 0.221. The average molecular weight is 280 g/mol. The minimum atomic E-state index is -1.08. The van der Waals surface area contributed by atoms with E-state index in [1.165, 1.54) is 4.90 Å². The van der Waals surface area contributed by atoms with Crippen LogP contribution in [0, 0.1) is 0 Å². The Morgan fingerprint density at radius 1 is 1.30 bits per heavy atom. The number of urea groups is 1. The van der Waals surface area contributed by atoms with Crippen LogP contribution >= 0.6 is 0 Å². The van der Waals surface area contributed by atoms with Crippen molar-refractivity contribution < 1.29 is 19.8 Å². The van der Waals surface area contributed by atoms with Crippen molar-refractivity contribution in [2.24, 2.45) is 0 Å². The zero-order valence-corrected chi connectivity index (χ0v) is 11.5. The molecule has 0 spiro atoms. The number of nitrogens with one attached hydrogen (secondary N) is 1. The van der Waals surface area contributed by atoms with E-state index in [2.05, 4.69) is 5.32 Å². The van der Waals surface area contributed by atoms with E-state index < -0.39 is 18.0 Å². The summed E-state index contributed by atoms with van der Waals surface area (Å²) < 4.78 is 0. The Labute approximate surface area is 118 Å². The molecule has 20 heavy (non-hydrogen) atoms. The second-order valence-corrected chi connectivity index (χ2v) is 4.33. The molecule has 1 atom stereocenters. The fraction of sp³-hybridized carbons (Fsp3) is 0.429. The molecule has 0 heterocycles. The van der Waals surface area contributed by atoms with Gasteiger partial charge in [-0.1, -0.05) is 30.3 Å². The van der Waals surface area contributed by atoms with Gasteiger partial charge in [0, 0.05) is 19.5 Å². The number of hydrogen-bond acceptors (Lipinski definition) is 3. The number of carboxylic acids is 1. The molecule has 2 amide bonds. The molecule has 1 aromatic carbocycles. The lowest BCUT2D eigenvalue weighted by molar-refractivity contribution is -0.139. The minimum Gasteiger partial charge on any atom is -0.480 e. The van der Waals surface area contributed by atoms with Crippen molar-refractivity contribution in [2.45, 2.75) is 19.4 Å². The lowest BCUT2D eigenvalue weighted by Crippen LogP contribution is -2.49. The van der Waals surface area contributed by atoms with Gasteiger partial charge in [-0.05, 0) is 12.5 Å². The van der Waals surface area contributed by atoms with Crippen LogP contribution in [0.5, 0.6) is 0 Å². The first-order chi connectivity index (χ1) is 9.58. The van der Waals surface area contributed by atoms with E-state index in [1.807, 2.05) is 30.3 Å². The topological polar surface area (TPSA) is 89.9 Å². The Bertz CT molecular complexity index is 436. The number of likely N-dealkylation sites (N-methyl/N-ethyl adjacent to an activating group) is 1. The number of aliphatic hydroxyl groups excluding tert-OH is 1. The second kappa shape index (κ2) is 8.16. The van der Waals surface area contributed by atoms with Crippen LogP contribution in [-0.4, -0.2) is 52.9 Å². The maximum Gasteiger partial charge on any atom is 0.326 e. The highest BCUT2D eigenvalue weighted by Gasteiger charge is 2.22. The molecule has 1 aromatic rings. The van der Waals surface area contributed by atoms with Crippen molar-refractivity contribution in [3.63, 3.8) is 0 Å². The van der Waals surface area contributed by atoms with Crippen molar-refractivity contribution in [3.05, 3.63) is 35.9 Å². The van der Waals surface area contributed by atoms with Gasteiger partial charge in [-0.3, -0.25) is 0 Å². The molecule has 6 heteroatoms. The minimum absolute atomic E-state index is 0.155. The van der Waals surface area contributed by atoms with Gasteiger partial charge < -0.3 is 20.4 Å². The van der Waals surface area contributed by atoms with Gasteiger partial charge in [0.2, 0.25) is 0 Å². The van der Waals surface area contributed by atoms with E-state index in [9.17, 15) is 14.7 Å². The molecule has 0 aromatic heterocycles. The van der Waals surface area contributed by atoms with Crippen molar-refractivity contribution in [1.29, 1.82) is 0 Å². The molecule has 0 saturated carbocycles. The maximum atomic E-state index is 11.9. The first-order valence-electron chi connectivity index (χ1n) is 6.51. The molecule has 0 saturated heterocycles. The monoisotopic (exact) mass is 280 g/mol. The molecule has 1 rings (SSSR count). The fourth-order valence-electron chi connectivity index (χ4n) is 1.81. The maximum absolute atomic E-state index is 11.9. The van der Waals surface area contributed by atoms with Gasteiger partial charge in [0.25, 0.3) is 0 Å². The Kier molecular flexibility index (Phi) is 6.52. The Balaban J connectivity index is 2.68. The van der Waals surface area contributed by atoms with Gasteiger partial charge in [-0.25, -0.2) is 9.59 Å². The molecule has 0 aliphatic heterocycles. The van der Waals surface area contributed by atoms with Gasteiger partial charge in [0.05, 0.1) is 6.61 Å². The molecule has 0 aliphatic rings. The van der Waals surface area contributed by atoms with Crippen molar-refractivity contribution in [3.8, 4) is 0 Å². The second-order valence-electron chi connectivity index (χ2n) is 4.33. The summed E-state index contributed by atoms with van der Waals surface area (Å²) in [7, 11) is 0. The SMILES string of the molecule is CCN(CCO)C(=O)NC(Cc1ccccc1)C(=O)O. The summed E-state index contributed by atoms with van der Waals surface area (Å²) in [5.41, 5.74) is 0.838. The predicted octanol–water partition coefficient (Wildman–Crippen LogP) is 0.706. The largest absolute Gasteiger partial charge is 0.480 e. The van der Waals surface area contributed by atoms with Gasteiger partial charge in [0.15, 0.2) is 0 Å². The predicted molar refractivity (Wildman–Crippen MR) is 74.4 cm³/mol. The van der Waals surface area contributed by atoms with E-state index in [1.54, 1.807) is 6.92 Å². The number of aliphatic hydroxyl groups is 1. The normalized spacial score (nSPS) is 11.7. The molecular formula is C14H20N2O4. The van der Waals surface area contributed by atoms with E-state index >= 15 is 0 Å². The van der Waals surface area contributed by atoms with Gasteiger partial charge in [0.1, 0.15) is 6.04 Å². The Morgan fingerprint density at radius 3 is 2.45 bits per heavy atom. The molecular weight excluding hydrogens is 260 g/mol. The number of benzene rings is 1. The fourth-order valence-corrected chi connectivity index (χ4v) is 1.81. The number of amides is 2. The van der Waals surface area contributed by atoms with Crippen LogP contribution in [0.2, 0.25) is 0 Å². The van der Waals surface area contributed by atoms with Crippen LogP contribution in [0.15, 0.2) is 30.3 Å². The van der Waals surface area contributed by atoms with E-state index in [0.29, 0.717) is 6.54 Å². The summed E-state index contributed by atoms with van der Waals surface area (Å²) in [4.78, 5) is 24.5. The molecule has 0 radical (unpaired) electrons. The third-order valence-corrected chi connectivity index (χ3v) is 2.92. The van der Waals surface area contributed by atoms with Crippen molar-refractivity contribution in [2.75, 3.05) is 19.7 Å². The van der Waals surface area contributed by atoms with Crippen LogP contribution in [0.1, 0.15) is 12.5 Å². The van der Waals surface area contributed by atoms with Crippen LogP contribution in [-0.2, 0) is 11.2 Å². The number of nitrogens with zero attached hydrogens (tertiary/aromatic N) is 1. The van der Waals surface area contributed by atoms with Crippen LogP contribution in [0.4, 0.5) is 4.79 Å². The molecule has 6 nitrogen and oxygen atoms in total. The molecule has 0 fully saturated rings. The Morgan fingerprint density at radius 2 is 1.95 bits per heavy atom. The summed E-state index contributed by atoms with van der Waals surface area (Å²) in [5.74, 6) is -1.08. The highest BCUT2D eigenvalue weighted by atomic mass is 16.4.